The summed E-state index contributed by atoms with van der Waals surface area (Å²) in [6, 6.07) is 0. The Morgan fingerprint density at radius 2 is 2.00 bits per heavy atom. The summed E-state index contributed by atoms with van der Waals surface area (Å²) in [6.07, 6.45) is 8.84. The van der Waals surface area contributed by atoms with E-state index in [1.165, 1.54) is 5.57 Å². The molecule has 4 aliphatic rings. The predicted octanol–water partition coefficient (Wildman–Crippen LogP) is 3.61. The maximum absolute atomic E-state index is 12.1. The molecule has 0 aromatic heterocycles. The molecule has 1 N–H and O–H groups in total. The Morgan fingerprint density at radius 1 is 1.25 bits per heavy atom. The van der Waals surface area contributed by atoms with Crippen molar-refractivity contribution < 1.29 is 14.7 Å². The molecule has 4 rings (SSSR count). The molecule has 24 heavy (non-hydrogen) atoms. The molecule has 2 fully saturated rings. The minimum Gasteiger partial charge on any atom is -0.392 e. The molecule has 0 radical (unpaired) electrons. The Labute approximate surface area is 144 Å². The first kappa shape index (κ1) is 16.3. The third kappa shape index (κ3) is 1.94. The quantitative estimate of drug-likeness (QED) is 0.800. The molecule has 6 atom stereocenters. The summed E-state index contributed by atoms with van der Waals surface area (Å²) in [6.45, 7) is 6.05. The van der Waals surface area contributed by atoms with E-state index >= 15 is 0 Å². The van der Waals surface area contributed by atoms with Gasteiger partial charge in [0, 0.05) is 11.8 Å². The van der Waals surface area contributed by atoms with E-state index in [1.54, 1.807) is 6.92 Å². The molecular formula is C21H28O3. The van der Waals surface area contributed by atoms with E-state index in [0.29, 0.717) is 24.2 Å². The van der Waals surface area contributed by atoms with E-state index in [-0.39, 0.29) is 22.4 Å². The zero-order valence-electron chi connectivity index (χ0n) is 15.0. The highest BCUT2D eigenvalue weighted by atomic mass is 16.3. The van der Waals surface area contributed by atoms with E-state index in [9.17, 15) is 14.7 Å². The second-order valence-electron chi connectivity index (χ2n) is 8.91. The molecular weight excluding hydrogens is 300 g/mol. The van der Waals surface area contributed by atoms with Gasteiger partial charge in [-0.1, -0.05) is 25.5 Å². The number of hydrogen-bond acceptors (Lipinski definition) is 3. The van der Waals surface area contributed by atoms with Crippen LogP contribution in [0.15, 0.2) is 23.3 Å². The molecule has 0 heterocycles. The zero-order valence-corrected chi connectivity index (χ0v) is 15.0. The number of fused-ring (bicyclic) bond motifs is 5. The van der Waals surface area contributed by atoms with Gasteiger partial charge in [-0.05, 0) is 73.8 Å². The Bertz CT molecular complexity index is 673. The van der Waals surface area contributed by atoms with E-state index in [0.717, 1.165) is 37.7 Å². The summed E-state index contributed by atoms with van der Waals surface area (Å²) in [5.41, 5.74) is 1.84. The second kappa shape index (κ2) is 5.14. The average Bonchev–Trinajstić information content (AvgIpc) is 2.88. The molecule has 3 heteroatoms. The van der Waals surface area contributed by atoms with Crippen LogP contribution < -0.4 is 0 Å². The normalized spacial score (nSPS) is 47.2. The van der Waals surface area contributed by atoms with Crippen LogP contribution in [-0.4, -0.2) is 22.8 Å². The number of hydrogen-bond donors (Lipinski definition) is 1. The minimum atomic E-state index is -0.463. The smallest absolute Gasteiger partial charge is 0.156 e. The predicted molar refractivity (Wildman–Crippen MR) is 92.2 cm³/mol. The van der Waals surface area contributed by atoms with Crippen LogP contribution in [0.1, 0.15) is 59.3 Å². The lowest BCUT2D eigenvalue weighted by atomic mass is 9.46. The van der Waals surface area contributed by atoms with Crippen LogP contribution in [0.3, 0.4) is 0 Å². The van der Waals surface area contributed by atoms with Gasteiger partial charge in [0.15, 0.2) is 11.6 Å². The fourth-order valence-corrected chi connectivity index (χ4v) is 6.63. The maximum Gasteiger partial charge on any atom is 0.156 e. The molecule has 3 nitrogen and oxygen atoms in total. The van der Waals surface area contributed by atoms with Gasteiger partial charge in [0.25, 0.3) is 0 Å². The molecule has 0 bridgehead atoms. The molecule has 0 aromatic carbocycles. The lowest BCUT2D eigenvalue weighted by Crippen LogP contribution is -2.56. The Morgan fingerprint density at radius 3 is 2.71 bits per heavy atom. The van der Waals surface area contributed by atoms with Gasteiger partial charge in [-0.25, -0.2) is 0 Å². The highest BCUT2D eigenvalue weighted by Gasteiger charge is 2.60. The van der Waals surface area contributed by atoms with Gasteiger partial charge in [0.2, 0.25) is 0 Å². The SMILES string of the molecule is CC(=O)C1=CC[C@H]2[C@@H]3CCC4=CC(=O)CC[C@]4(C)[C@H]3C[C@@H](O)[C@]12C. The number of Topliss-reactive ketones (excluding diaryl/α,β-unsaturated/α-hetero) is 1. The van der Waals surface area contributed by atoms with Gasteiger partial charge in [-0.15, -0.1) is 0 Å². The molecule has 0 unspecified atom stereocenters. The first-order valence-corrected chi connectivity index (χ1v) is 9.42. The van der Waals surface area contributed by atoms with Crippen LogP contribution in [0.2, 0.25) is 0 Å². The van der Waals surface area contributed by atoms with Gasteiger partial charge < -0.3 is 5.11 Å². The van der Waals surface area contributed by atoms with Crippen LogP contribution in [0.25, 0.3) is 0 Å². The molecule has 0 aliphatic heterocycles. The number of ketones is 2. The molecule has 0 saturated heterocycles. The monoisotopic (exact) mass is 328 g/mol. The van der Waals surface area contributed by atoms with Crippen LogP contribution in [0.4, 0.5) is 0 Å². The number of rotatable bonds is 1. The van der Waals surface area contributed by atoms with Crippen LogP contribution in [-0.2, 0) is 9.59 Å². The summed E-state index contributed by atoms with van der Waals surface area (Å²) < 4.78 is 0. The maximum atomic E-state index is 12.1. The molecule has 130 valence electrons. The van der Waals surface area contributed by atoms with Gasteiger partial charge in [-0.2, -0.15) is 0 Å². The van der Waals surface area contributed by atoms with Gasteiger partial charge in [0.1, 0.15) is 0 Å². The molecule has 0 amide bonds. The summed E-state index contributed by atoms with van der Waals surface area (Å²) >= 11 is 0. The van der Waals surface area contributed by atoms with Crippen molar-refractivity contribution in [1.82, 2.24) is 0 Å². The van der Waals surface area contributed by atoms with Crippen molar-refractivity contribution in [2.24, 2.45) is 28.6 Å². The fraction of sp³-hybridized carbons (Fsp3) is 0.714. The van der Waals surface area contributed by atoms with E-state index in [4.69, 9.17) is 0 Å². The van der Waals surface area contributed by atoms with Gasteiger partial charge in [-0.3, -0.25) is 9.59 Å². The van der Waals surface area contributed by atoms with Crippen molar-refractivity contribution in [3.63, 3.8) is 0 Å². The Balaban J connectivity index is 1.73. The number of aliphatic hydroxyl groups excluding tert-OH is 1. The second-order valence-corrected chi connectivity index (χ2v) is 8.91. The average molecular weight is 328 g/mol. The standard InChI is InChI=1S/C21H28O3/c1-12(22)16-6-7-17-15-5-4-13-10-14(23)8-9-20(13,2)18(15)11-19(24)21(16,17)3/h6,10,15,17-19,24H,4-5,7-9,11H2,1-3H3/t15-,17-,18-,19+,20-,21+/m0/s1. The van der Waals surface area contributed by atoms with Crippen LogP contribution in [0, 0.1) is 28.6 Å². The summed E-state index contributed by atoms with van der Waals surface area (Å²) in [5, 5.41) is 11.1. The molecule has 0 aromatic rings. The fourth-order valence-electron chi connectivity index (χ4n) is 6.63. The van der Waals surface area contributed by atoms with Crippen LogP contribution in [0.5, 0.6) is 0 Å². The lowest BCUT2D eigenvalue weighted by molar-refractivity contribution is -0.127. The third-order valence-corrected chi connectivity index (χ3v) is 8.03. The largest absolute Gasteiger partial charge is 0.392 e. The number of carbonyl (C=O) groups is 2. The van der Waals surface area contributed by atoms with Crippen molar-refractivity contribution in [1.29, 1.82) is 0 Å². The number of allylic oxidation sites excluding steroid dienone is 3. The van der Waals surface area contributed by atoms with Crippen molar-refractivity contribution in [3.05, 3.63) is 23.3 Å². The summed E-state index contributed by atoms with van der Waals surface area (Å²) in [4.78, 5) is 24.0. The Kier molecular flexibility index (Phi) is 3.48. The van der Waals surface area contributed by atoms with E-state index in [1.807, 2.05) is 6.08 Å². The Hall–Kier alpha value is -1.22. The first-order valence-electron chi connectivity index (χ1n) is 9.42. The summed E-state index contributed by atoms with van der Waals surface area (Å²) in [7, 11) is 0. The highest BCUT2D eigenvalue weighted by Crippen LogP contribution is 2.65. The third-order valence-electron chi connectivity index (χ3n) is 8.03. The van der Waals surface area contributed by atoms with Crippen LogP contribution >= 0.6 is 0 Å². The molecule has 4 aliphatic carbocycles. The highest BCUT2D eigenvalue weighted by molar-refractivity contribution is 5.95. The van der Waals surface area contributed by atoms with Crippen molar-refractivity contribution in [2.45, 2.75) is 65.4 Å². The van der Waals surface area contributed by atoms with Gasteiger partial charge >= 0.3 is 0 Å². The molecule has 2 saturated carbocycles. The lowest BCUT2D eigenvalue weighted by Gasteiger charge is -2.59. The van der Waals surface area contributed by atoms with Gasteiger partial charge in [0.05, 0.1) is 6.10 Å². The van der Waals surface area contributed by atoms with Crippen molar-refractivity contribution in [3.8, 4) is 0 Å². The molecule has 0 spiro atoms. The topological polar surface area (TPSA) is 54.4 Å². The summed E-state index contributed by atoms with van der Waals surface area (Å²) in [5.74, 6) is 1.72. The number of aliphatic hydroxyl groups is 1. The first-order chi connectivity index (χ1) is 11.3. The van der Waals surface area contributed by atoms with Crippen molar-refractivity contribution >= 4 is 11.6 Å². The van der Waals surface area contributed by atoms with Crippen molar-refractivity contribution in [2.75, 3.05) is 0 Å². The number of carbonyl (C=O) groups excluding carboxylic acids is 2. The van der Waals surface area contributed by atoms with E-state index in [2.05, 4.69) is 19.9 Å². The van der Waals surface area contributed by atoms with E-state index < -0.39 is 6.10 Å². The zero-order chi connectivity index (χ0) is 17.3. The minimum absolute atomic E-state index is 0.0537.